The zero-order valence-corrected chi connectivity index (χ0v) is 18.4. The van der Waals surface area contributed by atoms with E-state index in [4.69, 9.17) is 4.99 Å². The standard InChI is InChI=1S/C23H34N6O/c1-4-24-23(25-12-6-14-29-19(3)15-18(2)27-29)26-16-20-8-10-21(11-9-20)17-28-13-5-7-22(28)30/h8-11,15H,4-7,12-14,16-17H2,1-3H3,(H2,24,25,26). The number of aromatic nitrogens is 2. The van der Waals surface area contributed by atoms with Crippen LogP contribution in [-0.2, 0) is 24.4 Å². The quantitative estimate of drug-likeness (QED) is 0.379. The second-order valence-corrected chi connectivity index (χ2v) is 7.86. The van der Waals surface area contributed by atoms with Gasteiger partial charge in [-0.15, -0.1) is 0 Å². The van der Waals surface area contributed by atoms with E-state index >= 15 is 0 Å². The van der Waals surface area contributed by atoms with Crippen molar-refractivity contribution in [3.63, 3.8) is 0 Å². The van der Waals surface area contributed by atoms with Gasteiger partial charge in [-0.1, -0.05) is 24.3 Å². The minimum Gasteiger partial charge on any atom is -0.357 e. The Kier molecular flexibility index (Phi) is 7.88. The monoisotopic (exact) mass is 410 g/mol. The smallest absolute Gasteiger partial charge is 0.222 e. The molecule has 0 saturated carbocycles. The summed E-state index contributed by atoms with van der Waals surface area (Å²) in [6.07, 6.45) is 2.65. The molecule has 0 atom stereocenters. The summed E-state index contributed by atoms with van der Waals surface area (Å²) >= 11 is 0. The van der Waals surface area contributed by atoms with Crippen LogP contribution in [0.3, 0.4) is 0 Å². The molecular formula is C23H34N6O. The van der Waals surface area contributed by atoms with Crippen LogP contribution in [-0.4, -0.2) is 46.2 Å². The van der Waals surface area contributed by atoms with Gasteiger partial charge in [0.25, 0.3) is 0 Å². The molecule has 1 aliphatic heterocycles. The number of aryl methyl sites for hydroxylation is 3. The Balaban J connectivity index is 1.46. The summed E-state index contributed by atoms with van der Waals surface area (Å²) < 4.78 is 2.05. The number of aliphatic imine (C=N–C) groups is 1. The predicted molar refractivity (Wildman–Crippen MR) is 120 cm³/mol. The minimum absolute atomic E-state index is 0.267. The van der Waals surface area contributed by atoms with Crippen molar-refractivity contribution < 1.29 is 4.79 Å². The van der Waals surface area contributed by atoms with E-state index in [1.165, 1.54) is 11.3 Å². The fraction of sp³-hybridized carbons (Fsp3) is 0.522. The fourth-order valence-electron chi connectivity index (χ4n) is 3.69. The minimum atomic E-state index is 0.267. The van der Waals surface area contributed by atoms with E-state index in [2.05, 4.69) is 64.6 Å². The number of nitrogens with one attached hydrogen (secondary N) is 2. The predicted octanol–water partition coefficient (Wildman–Crippen LogP) is 2.77. The first-order valence-corrected chi connectivity index (χ1v) is 10.9. The van der Waals surface area contributed by atoms with Crippen molar-refractivity contribution in [2.45, 2.75) is 59.7 Å². The number of rotatable bonds is 9. The molecule has 1 aromatic heterocycles. The number of amides is 1. The van der Waals surface area contributed by atoms with Crippen molar-refractivity contribution >= 4 is 11.9 Å². The highest BCUT2D eigenvalue weighted by Crippen LogP contribution is 2.15. The van der Waals surface area contributed by atoms with Gasteiger partial charge in [-0.2, -0.15) is 5.10 Å². The number of hydrogen-bond acceptors (Lipinski definition) is 3. The molecule has 0 unspecified atom stereocenters. The van der Waals surface area contributed by atoms with Gasteiger partial charge >= 0.3 is 0 Å². The first-order chi connectivity index (χ1) is 14.5. The van der Waals surface area contributed by atoms with Crippen LogP contribution in [0.15, 0.2) is 35.3 Å². The molecule has 1 aliphatic rings. The molecule has 0 spiro atoms. The lowest BCUT2D eigenvalue weighted by Gasteiger charge is -2.15. The maximum Gasteiger partial charge on any atom is 0.222 e. The molecule has 2 N–H and O–H groups in total. The molecular weight excluding hydrogens is 376 g/mol. The third-order valence-corrected chi connectivity index (χ3v) is 5.27. The molecule has 0 radical (unpaired) electrons. The van der Waals surface area contributed by atoms with Crippen LogP contribution in [0.1, 0.15) is 48.7 Å². The van der Waals surface area contributed by atoms with Gasteiger partial charge in [0.1, 0.15) is 0 Å². The number of nitrogens with zero attached hydrogens (tertiary/aromatic N) is 4. The first kappa shape index (κ1) is 21.9. The van der Waals surface area contributed by atoms with Gasteiger partial charge < -0.3 is 15.5 Å². The van der Waals surface area contributed by atoms with Crippen LogP contribution < -0.4 is 10.6 Å². The SMILES string of the molecule is CCNC(=NCc1ccc(CN2CCCC2=O)cc1)NCCCn1nc(C)cc1C. The van der Waals surface area contributed by atoms with E-state index < -0.39 is 0 Å². The van der Waals surface area contributed by atoms with Gasteiger partial charge in [0.2, 0.25) is 5.91 Å². The number of hydrogen-bond donors (Lipinski definition) is 2. The molecule has 2 aromatic rings. The van der Waals surface area contributed by atoms with Crippen molar-refractivity contribution in [3.05, 3.63) is 52.8 Å². The zero-order chi connectivity index (χ0) is 21.3. The fourth-order valence-corrected chi connectivity index (χ4v) is 3.69. The highest BCUT2D eigenvalue weighted by Gasteiger charge is 2.19. The molecule has 162 valence electrons. The van der Waals surface area contributed by atoms with E-state index in [1.807, 2.05) is 11.8 Å². The van der Waals surface area contributed by atoms with Crippen molar-refractivity contribution in [3.8, 4) is 0 Å². The molecule has 0 bridgehead atoms. The first-order valence-electron chi connectivity index (χ1n) is 10.9. The Hall–Kier alpha value is -2.83. The summed E-state index contributed by atoms with van der Waals surface area (Å²) in [7, 11) is 0. The van der Waals surface area contributed by atoms with Crippen molar-refractivity contribution in [1.29, 1.82) is 0 Å². The van der Waals surface area contributed by atoms with E-state index in [1.54, 1.807) is 0 Å². The molecule has 1 aromatic carbocycles. The van der Waals surface area contributed by atoms with Crippen LogP contribution in [0.5, 0.6) is 0 Å². The van der Waals surface area contributed by atoms with Crippen molar-refractivity contribution in [2.75, 3.05) is 19.6 Å². The maximum absolute atomic E-state index is 11.8. The molecule has 7 nitrogen and oxygen atoms in total. The number of carbonyl (C=O) groups is 1. The van der Waals surface area contributed by atoms with E-state index in [0.717, 1.165) is 56.2 Å². The normalized spacial score (nSPS) is 14.4. The second-order valence-electron chi connectivity index (χ2n) is 7.86. The van der Waals surface area contributed by atoms with Gasteiger partial charge in [0, 0.05) is 44.8 Å². The molecule has 7 heteroatoms. The summed E-state index contributed by atoms with van der Waals surface area (Å²) in [5.41, 5.74) is 4.59. The van der Waals surface area contributed by atoms with Gasteiger partial charge in [-0.25, -0.2) is 4.99 Å². The Morgan fingerprint density at radius 2 is 1.93 bits per heavy atom. The second kappa shape index (κ2) is 10.8. The third-order valence-electron chi connectivity index (χ3n) is 5.27. The summed E-state index contributed by atoms with van der Waals surface area (Å²) in [5, 5.41) is 11.2. The van der Waals surface area contributed by atoms with Crippen LogP contribution in [0.2, 0.25) is 0 Å². The Morgan fingerprint density at radius 3 is 2.57 bits per heavy atom. The van der Waals surface area contributed by atoms with Gasteiger partial charge in [-0.3, -0.25) is 9.48 Å². The molecule has 1 fully saturated rings. The van der Waals surface area contributed by atoms with Crippen LogP contribution in [0.25, 0.3) is 0 Å². The Morgan fingerprint density at radius 1 is 1.17 bits per heavy atom. The third kappa shape index (κ3) is 6.34. The highest BCUT2D eigenvalue weighted by atomic mass is 16.2. The average molecular weight is 411 g/mol. The molecule has 1 saturated heterocycles. The Bertz CT molecular complexity index is 855. The van der Waals surface area contributed by atoms with Crippen molar-refractivity contribution in [2.24, 2.45) is 4.99 Å². The number of guanidine groups is 1. The average Bonchev–Trinajstić information content (AvgIpc) is 3.28. The number of likely N-dealkylation sites (tertiary alicyclic amines) is 1. The largest absolute Gasteiger partial charge is 0.357 e. The summed E-state index contributed by atoms with van der Waals surface area (Å²) in [6, 6.07) is 10.5. The molecule has 1 amide bonds. The maximum atomic E-state index is 11.8. The lowest BCUT2D eigenvalue weighted by molar-refractivity contribution is -0.128. The highest BCUT2D eigenvalue weighted by molar-refractivity contribution is 5.79. The molecule has 3 rings (SSSR count). The van der Waals surface area contributed by atoms with Crippen LogP contribution in [0, 0.1) is 13.8 Å². The molecule has 2 heterocycles. The molecule has 30 heavy (non-hydrogen) atoms. The number of benzene rings is 1. The van der Waals surface area contributed by atoms with E-state index in [9.17, 15) is 4.79 Å². The van der Waals surface area contributed by atoms with Crippen LogP contribution in [0.4, 0.5) is 0 Å². The summed E-state index contributed by atoms with van der Waals surface area (Å²) in [5.74, 6) is 1.10. The van der Waals surface area contributed by atoms with Crippen molar-refractivity contribution in [1.82, 2.24) is 25.3 Å². The van der Waals surface area contributed by atoms with Crippen LogP contribution >= 0.6 is 0 Å². The molecule has 0 aliphatic carbocycles. The van der Waals surface area contributed by atoms with E-state index in [0.29, 0.717) is 19.5 Å². The lowest BCUT2D eigenvalue weighted by atomic mass is 10.1. The summed E-state index contributed by atoms with van der Waals surface area (Å²) in [6.45, 7) is 11.0. The number of carbonyl (C=O) groups excluding carboxylic acids is 1. The van der Waals surface area contributed by atoms with E-state index in [-0.39, 0.29) is 5.91 Å². The lowest BCUT2D eigenvalue weighted by Crippen LogP contribution is -2.38. The summed E-state index contributed by atoms with van der Waals surface area (Å²) in [4.78, 5) is 18.4. The van der Waals surface area contributed by atoms with Gasteiger partial charge in [0.15, 0.2) is 5.96 Å². The topological polar surface area (TPSA) is 74.6 Å². The Labute approximate surface area is 179 Å². The zero-order valence-electron chi connectivity index (χ0n) is 18.4. The van der Waals surface area contributed by atoms with Gasteiger partial charge in [0.05, 0.1) is 12.2 Å². The van der Waals surface area contributed by atoms with Gasteiger partial charge in [-0.05, 0) is 50.8 Å².